The minimum Gasteiger partial charge on any atom is -0.497 e. The number of hydrogen-bond acceptors (Lipinski definition) is 8. The van der Waals surface area contributed by atoms with Crippen LogP contribution in [0.4, 0.5) is 5.69 Å². The van der Waals surface area contributed by atoms with E-state index in [1.54, 1.807) is 49.6 Å². The number of rotatable bonds is 12. The summed E-state index contributed by atoms with van der Waals surface area (Å²) in [6.07, 6.45) is 1.45. The summed E-state index contributed by atoms with van der Waals surface area (Å²) in [5.74, 6) is 1.44. The van der Waals surface area contributed by atoms with Gasteiger partial charge in [-0.2, -0.15) is 5.26 Å². The van der Waals surface area contributed by atoms with Gasteiger partial charge in [-0.1, -0.05) is 0 Å². The summed E-state index contributed by atoms with van der Waals surface area (Å²) < 4.78 is 22.8. The molecule has 1 N–H and O–H groups in total. The van der Waals surface area contributed by atoms with E-state index >= 15 is 0 Å². The molecule has 0 aliphatic heterocycles. The first-order chi connectivity index (χ1) is 18.8. The number of amides is 1. The Labute approximate surface area is 234 Å². The van der Waals surface area contributed by atoms with Crippen molar-refractivity contribution in [3.05, 3.63) is 91.4 Å². The third-order valence-electron chi connectivity index (χ3n) is 5.47. The molecule has 0 saturated carbocycles. The third kappa shape index (κ3) is 7.72. The highest BCUT2D eigenvalue weighted by molar-refractivity contribution is 9.10. The number of carbonyl (C=O) groups excluding carboxylic acids is 1. The Morgan fingerprint density at radius 1 is 1.08 bits per heavy atom. The molecular weight excluding hydrogens is 570 g/mol. The molecule has 0 fully saturated rings. The van der Waals surface area contributed by atoms with Crippen molar-refractivity contribution in [3.63, 3.8) is 0 Å². The maximum Gasteiger partial charge on any atom is 0.269 e. The molecule has 3 aromatic rings. The molecule has 11 heteroatoms. The number of benzene rings is 3. The van der Waals surface area contributed by atoms with Gasteiger partial charge in [-0.25, -0.2) is 0 Å². The molecule has 0 aliphatic carbocycles. The number of carbonyl (C=O) groups is 1. The van der Waals surface area contributed by atoms with Crippen molar-refractivity contribution in [3.8, 4) is 29.1 Å². The molecule has 0 spiro atoms. The van der Waals surface area contributed by atoms with Crippen LogP contribution in [0.1, 0.15) is 23.6 Å². The lowest BCUT2D eigenvalue weighted by molar-refractivity contribution is -0.384. The number of hydrogen-bond donors (Lipinski definition) is 1. The highest BCUT2D eigenvalue weighted by Gasteiger charge is 2.16. The monoisotopic (exact) mass is 595 g/mol. The zero-order chi connectivity index (χ0) is 28.4. The highest BCUT2D eigenvalue weighted by atomic mass is 79.9. The van der Waals surface area contributed by atoms with Gasteiger partial charge in [-0.3, -0.25) is 14.9 Å². The molecule has 0 atom stereocenters. The van der Waals surface area contributed by atoms with E-state index < -0.39 is 10.8 Å². The van der Waals surface area contributed by atoms with Crippen molar-refractivity contribution in [2.75, 3.05) is 20.8 Å². The van der Waals surface area contributed by atoms with Crippen molar-refractivity contribution >= 4 is 33.6 Å². The quantitative estimate of drug-likeness (QED) is 0.124. The maximum absolute atomic E-state index is 12.8. The lowest BCUT2D eigenvalue weighted by Crippen LogP contribution is -2.24. The second-order valence-electron chi connectivity index (χ2n) is 8.01. The molecule has 3 aromatic carbocycles. The summed E-state index contributed by atoms with van der Waals surface area (Å²) in [6, 6.07) is 16.6. The van der Waals surface area contributed by atoms with Crippen LogP contribution >= 0.6 is 15.9 Å². The zero-order valence-electron chi connectivity index (χ0n) is 21.5. The van der Waals surface area contributed by atoms with E-state index in [2.05, 4.69) is 21.2 Å². The fourth-order valence-corrected chi connectivity index (χ4v) is 4.10. The molecule has 0 heterocycles. The van der Waals surface area contributed by atoms with Crippen LogP contribution in [0.2, 0.25) is 0 Å². The summed E-state index contributed by atoms with van der Waals surface area (Å²) in [5.41, 5.74) is 1.89. The smallest absolute Gasteiger partial charge is 0.269 e. The van der Waals surface area contributed by atoms with Crippen LogP contribution in [0.3, 0.4) is 0 Å². The van der Waals surface area contributed by atoms with E-state index in [4.69, 9.17) is 18.9 Å². The molecule has 202 valence electrons. The SMILES string of the molecule is CCOc1cc(/C=C(\C#N)C(=O)NCc2ccc(OC)cc2OC)cc(Br)c1OCc1ccc([N+](=O)[O-])cc1. The first-order valence-electron chi connectivity index (χ1n) is 11.7. The summed E-state index contributed by atoms with van der Waals surface area (Å²) in [4.78, 5) is 23.2. The topological polar surface area (TPSA) is 133 Å². The Kier molecular flexibility index (Phi) is 10.3. The third-order valence-corrected chi connectivity index (χ3v) is 6.06. The Morgan fingerprint density at radius 3 is 2.44 bits per heavy atom. The van der Waals surface area contributed by atoms with Gasteiger partial charge < -0.3 is 24.3 Å². The summed E-state index contributed by atoms with van der Waals surface area (Å²) >= 11 is 3.48. The van der Waals surface area contributed by atoms with E-state index in [0.29, 0.717) is 39.6 Å². The number of nitriles is 1. The molecule has 1 amide bonds. The second kappa shape index (κ2) is 13.8. The summed E-state index contributed by atoms with van der Waals surface area (Å²) in [5, 5.41) is 23.3. The number of non-ortho nitro benzene ring substituents is 1. The first kappa shape index (κ1) is 29.0. The minimum atomic E-state index is -0.553. The molecule has 10 nitrogen and oxygen atoms in total. The van der Waals surface area contributed by atoms with Crippen LogP contribution in [0.25, 0.3) is 6.08 Å². The fraction of sp³-hybridized carbons (Fsp3) is 0.214. The van der Waals surface area contributed by atoms with Gasteiger partial charge in [0.15, 0.2) is 11.5 Å². The average molecular weight is 596 g/mol. The largest absolute Gasteiger partial charge is 0.497 e. The van der Waals surface area contributed by atoms with Crippen LogP contribution in [-0.2, 0) is 17.9 Å². The predicted octanol–water partition coefficient (Wildman–Crippen LogP) is 5.58. The van der Waals surface area contributed by atoms with Crippen molar-refractivity contribution in [2.24, 2.45) is 0 Å². The van der Waals surface area contributed by atoms with Gasteiger partial charge in [0.25, 0.3) is 11.6 Å². The summed E-state index contributed by atoms with van der Waals surface area (Å²) in [7, 11) is 3.07. The minimum absolute atomic E-state index is 0.00783. The van der Waals surface area contributed by atoms with Crippen LogP contribution in [0.5, 0.6) is 23.0 Å². The van der Waals surface area contributed by atoms with Gasteiger partial charge >= 0.3 is 0 Å². The summed E-state index contributed by atoms with van der Waals surface area (Å²) in [6.45, 7) is 2.46. The van der Waals surface area contributed by atoms with Crippen LogP contribution in [0.15, 0.2) is 64.6 Å². The Balaban J connectivity index is 1.77. The van der Waals surface area contributed by atoms with E-state index in [1.165, 1.54) is 25.3 Å². The second-order valence-corrected chi connectivity index (χ2v) is 8.86. The van der Waals surface area contributed by atoms with Gasteiger partial charge in [0.1, 0.15) is 29.7 Å². The lowest BCUT2D eigenvalue weighted by atomic mass is 10.1. The van der Waals surface area contributed by atoms with E-state index in [0.717, 1.165) is 11.1 Å². The molecular formula is C28H26BrN3O7. The van der Waals surface area contributed by atoms with Gasteiger partial charge in [0.2, 0.25) is 0 Å². The van der Waals surface area contributed by atoms with Crippen LogP contribution in [-0.4, -0.2) is 31.7 Å². The first-order valence-corrected chi connectivity index (χ1v) is 12.5. The predicted molar refractivity (Wildman–Crippen MR) is 148 cm³/mol. The van der Waals surface area contributed by atoms with Gasteiger partial charge in [-0.15, -0.1) is 0 Å². The average Bonchev–Trinajstić information content (AvgIpc) is 2.94. The maximum atomic E-state index is 12.8. The standard InChI is InChI=1S/C28H26BrN3O7/c1-4-38-26-13-19(12-24(29)27(26)39-17-18-5-8-22(9-6-18)32(34)35)11-21(15-30)28(33)31-16-20-7-10-23(36-2)14-25(20)37-3/h5-14H,4,16-17H2,1-3H3,(H,31,33)/b21-11+. The molecule has 3 rings (SSSR count). The Bertz CT molecular complexity index is 1420. The van der Waals surface area contributed by atoms with E-state index in [-0.39, 0.29) is 24.4 Å². The van der Waals surface area contributed by atoms with Crippen molar-refractivity contribution in [1.82, 2.24) is 5.32 Å². The zero-order valence-corrected chi connectivity index (χ0v) is 23.1. The molecule has 0 saturated heterocycles. The normalized spacial score (nSPS) is 10.8. The van der Waals surface area contributed by atoms with Crippen LogP contribution < -0.4 is 24.3 Å². The molecule has 0 aromatic heterocycles. The Hall–Kier alpha value is -4.56. The number of halogens is 1. The number of methoxy groups -OCH3 is 2. The highest BCUT2D eigenvalue weighted by Crippen LogP contribution is 2.38. The molecule has 0 unspecified atom stereocenters. The van der Waals surface area contributed by atoms with E-state index in [9.17, 15) is 20.2 Å². The molecule has 0 aliphatic rings. The number of nitrogens with zero attached hydrogens (tertiary/aromatic N) is 2. The van der Waals surface area contributed by atoms with Crippen molar-refractivity contribution < 1.29 is 28.7 Å². The molecule has 0 bridgehead atoms. The van der Waals surface area contributed by atoms with Gasteiger partial charge in [-0.05, 0) is 76.5 Å². The van der Waals surface area contributed by atoms with Crippen molar-refractivity contribution in [1.29, 1.82) is 5.26 Å². The number of nitro groups is 1. The number of nitro benzene ring substituents is 1. The molecule has 39 heavy (non-hydrogen) atoms. The number of ether oxygens (including phenoxy) is 4. The van der Waals surface area contributed by atoms with Crippen molar-refractivity contribution in [2.45, 2.75) is 20.1 Å². The van der Waals surface area contributed by atoms with E-state index in [1.807, 2.05) is 13.0 Å². The fourth-order valence-electron chi connectivity index (χ4n) is 3.53. The Morgan fingerprint density at radius 2 is 1.82 bits per heavy atom. The molecule has 0 radical (unpaired) electrons. The lowest BCUT2D eigenvalue weighted by Gasteiger charge is -2.15. The van der Waals surface area contributed by atoms with Crippen LogP contribution in [0, 0.1) is 21.4 Å². The van der Waals surface area contributed by atoms with Gasteiger partial charge in [0.05, 0.1) is 30.2 Å². The number of nitrogens with one attached hydrogen (secondary N) is 1. The van der Waals surface area contributed by atoms with Gasteiger partial charge in [0, 0.05) is 30.3 Å².